The van der Waals surface area contributed by atoms with Crippen LogP contribution in [0, 0.1) is 0 Å². The predicted octanol–water partition coefficient (Wildman–Crippen LogP) is 9.31. The van der Waals surface area contributed by atoms with Gasteiger partial charge in [-0.1, -0.05) is 103 Å². The Kier molecular flexibility index (Phi) is 4.05. The summed E-state index contributed by atoms with van der Waals surface area (Å²) in [5.74, 6) is 0. The normalized spacial score (nSPS) is 12.1. The molecule has 0 saturated heterocycles. The van der Waals surface area contributed by atoms with Gasteiger partial charge in [0.25, 0.3) is 0 Å². The van der Waals surface area contributed by atoms with Crippen LogP contribution >= 0.6 is 0 Å². The Hall–Kier alpha value is -5.28. The van der Waals surface area contributed by atoms with Gasteiger partial charge in [0, 0.05) is 32.3 Å². The molecule has 0 aliphatic rings. The van der Waals surface area contributed by atoms with Crippen LogP contribution in [0.4, 0.5) is 0 Å². The molecule has 0 unspecified atom stereocenters. The highest BCUT2D eigenvalue weighted by Crippen LogP contribution is 2.40. The fourth-order valence-corrected chi connectivity index (χ4v) is 6.67. The molecule has 0 fully saturated rings. The Morgan fingerprint density at radius 2 is 0.641 bits per heavy atom. The largest absolute Gasteiger partial charge is 0.307 e. The van der Waals surface area contributed by atoms with Crippen molar-refractivity contribution in [3.05, 3.63) is 140 Å². The minimum atomic E-state index is 1.17. The monoisotopic (exact) mass is 497 g/mol. The van der Waals surface area contributed by atoms with Crippen LogP contribution in [0.3, 0.4) is 0 Å². The van der Waals surface area contributed by atoms with Crippen molar-refractivity contribution in [3.63, 3.8) is 0 Å². The third kappa shape index (κ3) is 2.66. The van der Waals surface area contributed by atoms with Crippen LogP contribution in [0.5, 0.6) is 0 Å². The van der Waals surface area contributed by atoms with E-state index in [0.717, 1.165) is 0 Å². The molecule has 6 aromatic carbocycles. The molecule has 182 valence electrons. The average molecular weight is 498 g/mol. The molecule has 0 radical (unpaired) electrons. The summed E-state index contributed by atoms with van der Waals surface area (Å²) in [7, 11) is 0. The highest BCUT2D eigenvalue weighted by Gasteiger charge is 2.21. The van der Waals surface area contributed by atoms with E-state index in [9.17, 15) is 0 Å². The van der Waals surface area contributed by atoms with E-state index in [2.05, 4.69) is 153 Å². The summed E-state index contributed by atoms with van der Waals surface area (Å²) in [6.45, 7) is 0. The Morgan fingerprint density at radius 1 is 0.282 bits per heavy atom. The molecule has 0 saturated carbocycles. The summed E-state index contributed by atoms with van der Waals surface area (Å²) in [4.78, 5) is 0. The fourth-order valence-electron chi connectivity index (χ4n) is 6.67. The summed E-state index contributed by atoms with van der Waals surface area (Å²) in [5.41, 5.74) is 8.36. The molecule has 0 aliphatic heterocycles. The lowest BCUT2D eigenvalue weighted by atomic mass is 10.1. The number of benzene rings is 6. The molecule has 3 aromatic heterocycles. The van der Waals surface area contributed by atoms with Gasteiger partial charge in [-0.15, -0.1) is 0 Å². The molecule has 3 nitrogen and oxygen atoms in total. The van der Waals surface area contributed by atoms with E-state index in [1.165, 1.54) is 71.1 Å². The van der Waals surface area contributed by atoms with Crippen molar-refractivity contribution in [2.45, 2.75) is 0 Å². The fraction of sp³-hybridized carbons (Fsp3) is 0. The zero-order chi connectivity index (χ0) is 25.5. The standard InChI is InChI=1S/C36H23N3/c1-6-18-30-24(12-1)25-13-2-7-19-31(25)37(30)35-23-11-17-29-28-16-5-10-22-34(28)39(36(29)35)38-32-20-8-3-14-26(32)27-15-4-9-21-33(27)38/h1-23H. The van der Waals surface area contributed by atoms with E-state index in [-0.39, 0.29) is 0 Å². The lowest BCUT2D eigenvalue weighted by Gasteiger charge is -2.17. The van der Waals surface area contributed by atoms with E-state index in [4.69, 9.17) is 0 Å². The Bertz CT molecular complexity index is 2290. The molecule has 9 rings (SSSR count). The van der Waals surface area contributed by atoms with Gasteiger partial charge in [-0.3, -0.25) is 0 Å². The number of hydrogen-bond acceptors (Lipinski definition) is 0. The lowest BCUT2D eigenvalue weighted by Crippen LogP contribution is -2.10. The maximum Gasteiger partial charge on any atom is 0.0956 e. The van der Waals surface area contributed by atoms with Crippen LogP contribution in [0.15, 0.2) is 140 Å². The maximum atomic E-state index is 2.44. The van der Waals surface area contributed by atoms with Crippen LogP contribution in [0.25, 0.3) is 71.1 Å². The first kappa shape index (κ1) is 20.7. The minimum Gasteiger partial charge on any atom is -0.307 e. The summed E-state index contributed by atoms with van der Waals surface area (Å²) in [5, 5.41) is 7.54. The minimum absolute atomic E-state index is 1.17. The average Bonchev–Trinajstić information content (AvgIpc) is 3.63. The molecule has 3 heteroatoms. The van der Waals surface area contributed by atoms with Crippen molar-refractivity contribution < 1.29 is 0 Å². The molecule has 0 aliphatic carbocycles. The van der Waals surface area contributed by atoms with Crippen molar-refractivity contribution in [3.8, 4) is 5.69 Å². The molecular formula is C36H23N3. The summed E-state index contributed by atoms with van der Waals surface area (Å²) >= 11 is 0. The van der Waals surface area contributed by atoms with E-state index >= 15 is 0 Å². The van der Waals surface area contributed by atoms with Gasteiger partial charge in [-0.25, -0.2) is 9.35 Å². The third-order valence-electron chi connectivity index (χ3n) is 8.22. The Balaban J connectivity index is 1.55. The number of para-hydroxylation sites is 6. The molecule has 9 aromatic rings. The molecule has 0 amide bonds. The van der Waals surface area contributed by atoms with E-state index < -0.39 is 0 Å². The first-order valence-electron chi connectivity index (χ1n) is 13.4. The van der Waals surface area contributed by atoms with Crippen molar-refractivity contribution in [1.82, 2.24) is 13.9 Å². The second kappa shape index (κ2) is 7.62. The van der Waals surface area contributed by atoms with Gasteiger partial charge in [0.1, 0.15) is 0 Å². The van der Waals surface area contributed by atoms with Crippen LogP contribution in [-0.4, -0.2) is 13.9 Å². The van der Waals surface area contributed by atoms with Crippen molar-refractivity contribution in [2.75, 3.05) is 0 Å². The smallest absolute Gasteiger partial charge is 0.0956 e. The van der Waals surface area contributed by atoms with E-state index in [0.29, 0.717) is 0 Å². The lowest BCUT2D eigenvalue weighted by molar-refractivity contribution is 0.772. The molecule has 0 atom stereocenters. The number of rotatable bonds is 2. The number of nitrogens with zero attached hydrogens (tertiary/aromatic N) is 3. The van der Waals surface area contributed by atoms with Gasteiger partial charge >= 0.3 is 0 Å². The SMILES string of the molecule is c1ccc2c(c1)c1ccccc1n2-c1cccc2c3ccccc3n(-n3c4ccccc4c4ccccc43)c12. The second-order valence-corrected chi connectivity index (χ2v) is 10.2. The summed E-state index contributed by atoms with van der Waals surface area (Å²) in [6.07, 6.45) is 0. The molecule has 0 bridgehead atoms. The molecule has 0 N–H and O–H groups in total. The maximum absolute atomic E-state index is 2.44. The molecule has 39 heavy (non-hydrogen) atoms. The quantitative estimate of drug-likeness (QED) is 0.226. The van der Waals surface area contributed by atoms with E-state index in [1.807, 2.05) is 0 Å². The highest BCUT2D eigenvalue weighted by atomic mass is 15.5. The first-order chi connectivity index (χ1) is 19.4. The van der Waals surface area contributed by atoms with Crippen molar-refractivity contribution >= 4 is 65.4 Å². The molecular weight excluding hydrogens is 474 g/mol. The van der Waals surface area contributed by atoms with Gasteiger partial charge in [-0.05, 0) is 36.4 Å². The zero-order valence-electron chi connectivity index (χ0n) is 21.1. The third-order valence-corrected chi connectivity index (χ3v) is 8.22. The summed E-state index contributed by atoms with van der Waals surface area (Å²) < 4.78 is 7.29. The topological polar surface area (TPSA) is 14.8 Å². The van der Waals surface area contributed by atoms with Gasteiger partial charge < -0.3 is 4.57 Å². The van der Waals surface area contributed by atoms with Gasteiger partial charge in [-0.2, -0.15) is 0 Å². The van der Waals surface area contributed by atoms with Gasteiger partial charge in [0.15, 0.2) is 0 Å². The van der Waals surface area contributed by atoms with Gasteiger partial charge in [0.05, 0.1) is 38.8 Å². The summed E-state index contributed by atoms with van der Waals surface area (Å²) in [6, 6.07) is 50.5. The number of aromatic nitrogens is 3. The number of fused-ring (bicyclic) bond motifs is 9. The zero-order valence-corrected chi connectivity index (χ0v) is 21.1. The van der Waals surface area contributed by atoms with Crippen LogP contribution in [-0.2, 0) is 0 Å². The van der Waals surface area contributed by atoms with Crippen LogP contribution in [0.2, 0.25) is 0 Å². The van der Waals surface area contributed by atoms with Crippen molar-refractivity contribution in [1.29, 1.82) is 0 Å². The molecule has 0 spiro atoms. The van der Waals surface area contributed by atoms with Crippen LogP contribution in [0.1, 0.15) is 0 Å². The van der Waals surface area contributed by atoms with Crippen molar-refractivity contribution in [2.24, 2.45) is 0 Å². The first-order valence-corrected chi connectivity index (χ1v) is 13.4. The number of hydrogen-bond donors (Lipinski definition) is 0. The van der Waals surface area contributed by atoms with Crippen LogP contribution < -0.4 is 0 Å². The second-order valence-electron chi connectivity index (χ2n) is 10.2. The van der Waals surface area contributed by atoms with Gasteiger partial charge in [0.2, 0.25) is 0 Å². The molecule has 3 heterocycles. The Morgan fingerprint density at radius 3 is 1.15 bits per heavy atom. The highest BCUT2D eigenvalue weighted by molar-refractivity contribution is 6.15. The van der Waals surface area contributed by atoms with E-state index in [1.54, 1.807) is 0 Å². The predicted molar refractivity (Wildman–Crippen MR) is 164 cm³/mol. The Labute approximate surface area is 224 Å².